The molecule has 94 valence electrons. The maximum Gasteiger partial charge on any atom is 0.331 e. The zero-order valence-electron chi connectivity index (χ0n) is 9.07. The first-order valence-electron chi connectivity index (χ1n) is 4.79. The minimum atomic E-state index is -1.53. The molecule has 7 nitrogen and oxygen atoms in total. The smallest absolute Gasteiger partial charge is 0.331 e. The van der Waals surface area contributed by atoms with Gasteiger partial charge in [-0.05, 0) is 12.1 Å². The Bertz CT molecular complexity index is 508. The maximum atomic E-state index is 11.0. The van der Waals surface area contributed by atoms with Gasteiger partial charge in [0.15, 0.2) is 0 Å². The molecule has 1 aromatic carbocycles. The number of carbonyl (C=O) groups excluding carboxylic acids is 2. The number of esters is 1. The highest BCUT2D eigenvalue weighted by Gasteiger charge is 2.13. The number of nitro benzene ring substituents is 1. The first-order valence-corrected chi connectivity index (χ1v) is 4.79. The molecule has 0 aliphatic carbocycles. The number of benzene rings is 1. The van der Waals surface area contributed by atoms with Gasteiger partial charge in [0, 0.05) is 12.1 Å². The predicted octanol–water partition coefficient (Wildman–Crippen LogP) is -0.0559. The third-order valence-electron chi connectivity index (χ3n) is 1.91. The van der Waals surface area contributed by atoms with E-state index in [1.807, 2.05) is 0 Å². The number of carboxylic acid groups (broad SMARTS) is 1. The SMILES string of the molecule is O=C([O-])/C=C/C(=O)OCc1ccccc1[N+](=O)[O-]. The summed E-state index contributed by atoms with van der Waals surface area (Å²) in [7, 11) is 0. The van der Waals surface area contributed by atoms with Gasteiger partial charge in [0.05, 0.1) is 16.5 Å². The van der Waals surface area contributed by atoms with E-state index in [1.54, 1.807) is 6.07 Å². The molecule has 1 rings (SSSR count). The Kier molecular flexibility index (Phi) is 4.56. The lowest BCUT2D eigenvalue weighted by atomic mass is 10.2. The number of para-hydroxylation sites is 1. The van der Waals surface area contributed by atoms with Gasteiger partial charge in [0.2, 0.25) is 0 Å². The maximum absolute atomic E-state index is 11.0. The summed E-state index contributed by atoms with van der Waals surface area (Å²) in [6.45, 7) is -0.312. The van der Waals surface area contributed by atoms with Crippen molar-refractivity contribution in [3.05, 3.63) is 52.1 Å². The van der Waals surface area contributed by atoms with Crippen LogP contribution in [-0.2, 0) is 20.9 Å². The van der Waals surface area contributed by atoms with Gasteiger partial charge in [-0.2, -0.15) is 0 Å². The first-order chi connectivity index (χ1) is 8.50. The monoisotopic (exact) mass is 250 g/mol. The largest absolute Gasteiger partial charge is 0.545 e. The molecular weight excluding hydrogens is 242 g/mol. The lowest BCUT2D eigenvalue weighted by Gasteiger charge is -2.03. The third kappa shape index (κ3) is 4.05. The lowest BCUT2D eigenvalue weighted by Crippen LogP contribution is -2.19. The van der Waals surface area contributed by atoms with E-state index in [4.69, 9.17) is 0 Å². The second-order valence-corrected chi connectivity index (χ2v) is 3.15. The summed E-state index contributed by atoms with van der Waals surface area (Å²) in [4.78, 5) is 31.1. The van der Waals surface area contributed by atoms with Crippen molar-refractivity contribution in [2.24, 2.45) is 0 Å². The molecule has 18 heavy (non-hydrogen) atoms. The third-order valence-corrected chi connectivity index (χ3v) is 1.91. The summed E-state index contributed by atoms with van der Waals surface area (Å²) < 4.78 is 4.65. The number of carboxylic acids is 1. The van der Waals surface area contributed by atoms with E-state index in [0.717, 1.165) is 0 Å². The molecule has 7 heteroatoms. The van der Waals surface area contributed by atoms with Crippen LogP contribution in [0, 0.1) is 10.1 Å². The Morgan fingerprint density at radius 2 is 1.94 bits per heavy atom. The Balaban J connectivity index is 2.67. The fraction of sp³-hybridized carbons (Fsp3) is 0.0909. The summed E-state index contributed by atoms with van der Waals surface area (Å²) in [5, 5.41) is 20.7. The lowest BCUT2D eigenvalue weighted by molar-refractivity contribution is -0.385. The van der Waals surface area contributed by atoms with Crippen molar-refractivity contribution >= 4 is 17.6 Å². The van der Waals surface area contributed by atoms with Crippen molar-refractivity contribution in [1.29, 1.82) is 0 Å². The zero-order chi connectivity index (χ0) is 13.5. The number of ether oxygens (including phenoxy) is 1. The van der Waals surface area contributed by atoms with Gasteiger partial charge in [-0.25, -0.2) is 4.79 Å². The highest BCUT2D eigenvalue weighted by molar-refractivity contribution is 5.89. The minimum absolute atomic E-state index is 0.172. The van der Waals surface area contributed by atoms with Gasteiger partial charge in [-0.15, -0.1) is 0 Å². The van der Waals surface area contributed by atoms with Gasteiger partial charge >= 0.3 is 5.97 Å². The Morgan fingerprint density at radius 3 is 2.56 bits per heavy atom. The van der Waals surface area contributed by atoms with Gasteiger partial charge < -0.3 is 14.6 Å². The average molecular weight is 250 g/mol. The highest BCUT2D eigenvalue weighted by atomic mass is 16.6. The van der Waals surface area contributed by atoms with Crippen LogP contribution in [0.15, 0.2) is 36.4 Å². The molecule has 1 aromatic rings. The molecular formula is C11H8NO6-. The van der Waals surface area contributed by atoms with Crippen molar-refractivity contribution in [1.82, 2.24) is 0 Å². The molecule has 0 bridgehead atoms. The summed E-state index contributed by atoms with van der Waals surface area (Å²) in [6.07, 6.45) is 1.19. The van der Waals surface area contributed by atoms with Crippen LogP contribution in [-0.4, -0.2) is 16.9 Å². The molecule has 0 heterocycles. The van der Waals surface area contributed by atoms with Crippen LogP contribution in [0.5, 0.6) is 0 Å². The van der Waals surface area contributed by atoms with Crippen molar-refractivity contribution in [3.8, 4) is 0 Å². The van der Waals surface area contributed by atoms with E-state index in [0.29, 0.717) is 12.2 Å². The molecule has 0 saturated carbocycles. The summed E-state index contributed by atoms with van der Waals surface area (Å²) >= 11 is 0. The first kappa shape index (κ1) is 13.4. The predicted molar refractivity (Wildman–Crippen MR) is 57.0 cm³/mol. The fourth-order valence-corrected chi connectivity index (χ4v) is 1.14. The second kappa shape index (κ2) is 6.14. The Hall–Kier alpha value is -2.70. The highest BCUT2D eigenvalue weighted by Crippen LogP contribution is 2.18. The number of nitrogens with zero attached hydrogens (tertiary/aromatic N) is 1. The van der Waals surface area contributed by atoms with Crippen LogP contribution in [0.25, 0.3) is 0 Å². The molecule has 0 atom stereocenters. The number of aliphatic carboxylic acids is 1. The standard InChI is InChI=1S/C11H9NO6/c13-10(14)5-6-11(15)18-7-8-3-1-2-4-9(8)12(16)17/h1-6H,7H2,(H,13,14)/p-1/b6-5+. The van der Waals surface area contributed by atoms with E-state index in [1.165, 1.54) is 18.2 Å². The van der Waals surface area contributed by atoms with E-state index in [-0.39, 0.29) is 17.9 Å². The van der Waals surface area contributed by atoms with Crippen LogP contribution >= 0.6 is 0 Å². The van der Waals surface area contributed by atoms with Crippen LogP contribution < -0.4 is 5.11 Å². The van der Waals surface area contributed by atoms with Crippen molar-refractivity contribution in [3.63, 3.8) is 0 Å². The summed E-state index contributed by atoms with van der Waals surface area (Å²) in [5.74, 6) is -2.45. The van der Waals surface area contributed by atoms with Gasteiger partial charge in [0.25, 0.3) is 5.69 Å². The van der Waals surface area contributed by atoms with E-state index < -0.39 is 16.9 Å². The van der Waals surface area contributed by atoms with Crippen LogP contribution in [0.3, 0.4) is 0 Å². The number of hydrogen-bond donors (Lipinski definition) is 0. The van der Waals surface area contributed by atoms with Gasteiger partial charge in [-0.3, -0.25) is 10.1 Å². The summed E-state index contributed by atoms with van der Waals surface area (Å²) in [6, 6.07) is 5.76. The number of rotatable bonds is 5. The molecule has 0 unspecified atom stereocenters. The van der Waals surface area contributed by atoms with Crippen LogP contribution in [0.4, 0.5) is 5.69 Å². The van der Waals surface area contributed by atoms with E-state index in [2.05, 4.69) is 4.74 Å². The van der Waals surface area contributed by atoms with Gasteiger partial charge in [-0.1, -0.05) is 12.1 Å². The van der Waals surface area contributed by atoms with Crippen molar-refractivity contribution < 1.29 is 24.4 Å². The molecule has 0 aromatic heterocycles. The van der Waals surface area contributed by atoms with Gasteiger partial charge in [0.1, 0.15) is 6.61 Å². The fourth-order valence-electron chi connectivity index (χ4n) is 1.14. The molecule has 0 aliphatic rings. The van der Waals surface area contributed by atoms with E-state index >= 15 is 0 Å². The zero-order valence-corrected chi connectivity index (χ0v) is 9.07. The number of nitro groups is 1. The molecule has 0 aliphatic heterocycles. The Labute approximate surface area is 101 Å². The van der Waals surface area contributed by atoms with Crippen molar-refractivity contribution in [2.45, 2.75) is 6.61 Å². The molecule has 0 spiro atoms. The van der Waals surface area contributed by atoms with Crippen LogP contribution in [0.1, 0.15) is 5.56 Å². The normalized spacial score (nSPS) is 10.2. The second-order valence-electron chi connectivity index (χ2n) is 3.15. The molecule has 0 radical (unpaired) electrons. The molecule has 0 N–H and O–H groups in total. The average Bonchev–Trinajstić information content (AvgIpc) is 2.34. The van der Waals surface area contributed by atoms with Crippen molar-refractivity contribution in [2.75, 3.05) is 0 Å². The molecule has 0 amide bonds. The number of carbonyl (C=O) groups is 2. The molecule has 0 saturated heterocycles. The Morgan fingerprint density at radius 1 is 1.28 bits per heavy atom. The van der Waals surface area contributed by atoms with E-state index in [9.17, 15) is 24.8 Å². The minimum Gasteiger partial charge on any atom is -0.545 e. The summed E-state index contributed by atoms with van der Waals surface area (Å²) in [5.41, 5.74) is 0.0480. The van der Waals surface area contributed by atoms with Crippen LogP contribution in [0.2, 0.25) is 0 Å². The number of hydrogen-bond acceptors (Lipinski definition) is 6. The topological polar surface area (TPSA) is 110 Å². The molecule has 0 fully saturated rings. The quantitative estimate of drug-likeness (QED) is 0.313.